The molecule has 0 spiro atoms. The first-order valence-corrected chi connectivity index (χ1v) is 4.65. The first kappa shape index (κ1) is 10.3. The van der Waals surface area contributed by atoms with Gasteiger partial charge in [0.05, 0.1) is 0 Å². The molecule has 0 unspecified atom stereocenters. The van der Waals surface area contributed by atoms with Crippen molar-refractivity contribution in [2.24, 2.45) is 0 Å². The van der Waals surface area contributed by atoms with Crippen molar-refractivity contribution in [2.45, 2.75) is 13.8 Å². The molecule has 70 valence electrons. The predicted octanol–water partition coefficient (Wildman–Crippen LogP) is 3.59. The third-order valence-electron chi connectivity index (χ3n) is 1.98. The smallest absolute Gasteiger partial charge is 0.0115 e. The number of benzene rings is 1. The lowest BCUT2D eigenvalue weighted by molar-refractivity contribution is 1.34. The summed E-state index contributed by atoms with van der Waals surface area (Å²) in [5.41, 5.74) is 2.74. The molecule has 0 saturated heterocycles. The second-order valence-corrected chi connectivity index (χ2v) is 3.09. The molecule has 0 nitrogen and oxygen atoms in total. The van der Waals surface area contributed by atoms with Gasteiger partial charge >= 0.3 is 0 Å². The lowest BCUT2D eigenvalue weighted by Crippen LogP contribution is -1.74. The minimum atomic E-state index is 1.37. The molecule has 0 bridgehead atoms. The zero-order chi connectivity index (χ0) is 10.2. The minimum absolute atomic E-state index is 1.37. The van der Waals surface area contributed by atoms with E-state index in [1.165, 1.54) is 11.1 Å². The quantitative estimate of drug-likeness (QED) is 0.584. The summed E-state index contributed by atoms with van der Waals surface area (Å²) in [6.45, 7) is 4.24. The summed E-state index contributed by atoms with van der Waals surface area (Å²) < 4.78 is 0. The summed E-state index contributed by atoms with van der Waals surface area (Å²) in [6, 6.07) is 21.4. The molecular weight excluding hydrogens is 168 g/mol. The highest BCUT2D eigenvalue weighted by atomic mass is 13.9. The van der Waals surface area contributed by atoms with Crippen LogP contribution in [-0.2, 0) is 0 Å². The van der Waals surface area contributed by atoms with Crippen LogP contribution in [-0.4, -0.2) is 0 Å². The molecule has 0 aliphatic rings. The van der Waals surface area contributed by atoms with Crippen LogP contribution in [0.1, 0.15) is 11.1 Å². The summed E-state index contributed by atoms with van der Waals surface area (Å²) in [4.78, 5) is 0. The summed E-state index contributed by atoms with van der Waals surface area (Å²) in [7, 11) is 0. The van der Waals surface area contributed by atoms with Gasteiger partial charge in [0.25, 0.3) is 0 Å². The van der Waals surface area contributed by atoms with Crippen LogP contribution in [0.15, 0.2) is 48.5 Å². The largest absolute Gasteiger partial charge is 0.0702 e. The minimum Gasteiger partial charge on any atom is -0.0702 e. The first-order valence-electron chi connectivity index (χ1n) is 4.65. The maximum Gasteiger partial charge on any atom is -0.0115 e. The maximum atomic E-state index is 2.77. The highest BCUT2D eigenvalue weighted by Gasteiger charge is 1.83. The van der Waals surface area contributed by atoms with E-state index in [0.717, 1.165) is 0 Å². The maximum absolute atomic E-state index is 2.77. The Morgan fingerprint density at radius 3 is 1.36 bits per heavy atom. The van der Waals surface area contributed by atoms with E-state index in [2.05, 4.69) is 50.2 Å². The van der Waals surface area contributed by atoms with Crippen LogP contribution in [0.2, 0.25) is 0 Å². The Kier molecular flexibility index (Phi) is 4.31. The summed E-state index contributed by atoms with van der Waals surface area (Å²) in [6.07, 6.45) is 0. The van der Waals surface area contributed by atoms with E-state index >= 15 is 0 Å². The fraction of sp³-hybridized carbons (Fsp3) is 0.143. The van der Waals surface area contributed by atoms with E-state index < -0.39 is 0 Å². The second kappa shape index (κ2) is 5.83. The van der Waals surface area contributed by atoms with Crippen molar-refractivity contribution in [3.05, 3.63) is 71.8 Å². The zero-order valence-electron chi connectivity index (χ0n) is 8.62. The van der Waals surface area contributed by atoms with E-state index in [9.17, 15) is 0 Å². The topological polar surface area (TPSA) is 0 Å². The lowest BCUT2D eigenvalue weighted by atomic mass is 10.1. The highest BCUT2D eigenvalue weighted by molar-refractivity contribution is 5.23. The van der Waals surface area contributed by atoms with Gasteiger partial charge in [-0.15, -0.1) is 0 Å². The van der Waals surface area contributed by atoms with Gasteiger partial charge in [0.1, 0.15) is 0 Å². The van der Waals surface area contributed by atoms with Crippen LogP contribution >= 0.6 is 0 Å². The third kappa shape index (κ3) is 3.78. The van der Waals surface area contributed by atoms with Crippen molar-refractivity contribution in [3.8, 4) is 0 Å². The zero-order valence-corrected chi connectivity index (χ0v) is 8.62. The van der Waals surface area contributed by atoms with E-state index in [-0.39, 0.29) is 0 Å². The summed E-state index contributed by atoms with van der Waals surface area (Å²) in [5.74, 6) is 0. The second-order valence-electron chi connectivity index (χ2n) is 3.09. The molecule has 0 fully saturated rings. The normalized spacial score (nSPS) is 8.14. The van der Waals surface area contributed by atoms with Gasteiger partial charge in [-0.05, 0) is 37.1 Å². The van der Waals surface area contributed by atoms with E-state index in [0.29, 0.717) is 0 Å². The SMILES string of the molecule is Cc1ccccc1C.c1ccccc#1. The van der Waals surface area contributed by atoms with Crippen LogP contribution in [0, 0.1) is 26.0 Å². The number of aryl methyl sites for hydroxylation is 2. The van der Waals surface area contributed by atoms with Crippen molar-refractivity contribution < 1.29 is 0 Å². The van der Waals surface area contributed by atoms with Crippen molar-refractivity contribution in [1.29, 1.82) is 0 Å². The Balaban J connectivity index is 0.000000146. The van der Waals surface area contributed by atoms with Gasteiger partial charge in [-0.3, -0.25) is 0 Å². The molecule has 14 heavy (non-hydrogen) atoms. The van der Waals surface area contributed by atoms with Gasteiger partial charge < -0.3 is 0 Å². The van der Waals surface area contributed by atoms with Crippen molar-refractivity contribution >= 4 is 0 Å². The fourth-order valence-electron chi connectivity index (χ4n) is 0.966. The standard InChI is InChI=1S/C8H10.C6H4/c1-7-5-3-4-6-8(7)2;1-2-4-6-5-3-1/h3-6H,1-2H3;1-4H. The molecule has 0 atom stereocenters. The number of hydrogen-bond acceptors (Lipinski definition) is 0. The molecule has 2 aromatic rings. The molecule has 2 rings (SSSR count). The fourth-order valence-corrected chi connectivity index (χ4v) is 0.966. The molecule has 0 saturated carbocycles. The predicted molar refractivity (Wildman–Crippen MR) is 60.0 cm³/mol. The first-order chi connectivity index (χ1) is 6.80. The molecule has 0 N–H and O–H groups in total. The van der Waals surface area contributed by atoms with Crippen molar-refractivity contribution in [2.75, 3.05) is 0 Å². The van der Waals surface area contributed by atoms with Gasteiger partial charge in [0, 0.05) is 0 Å². The lowest BCUT2D eigenvalue weighted by Gasteiger charge is -1.93. The van der Waals surface area contributed by atoms with Crippen LogP contribution in [0.3, 0.4) is 0 Å². The van der Waals surface area contributed by atoms with Crippen LogP contribution in [0.4, 0.5) is 0 Å². The average Bonchev–Trinajstić information content (AvgIpc) is 2.26. The third-order valence-corrected chi connectivity index (χ3v) is 1.98. The Hall–Kier alpha value is -1.74. The van der Waals surface area contributed by atoms with Gasteiger partial charge in [0.2, 0.25) is 0 Å². The highest BCUT2D eigenvalue weighted by Crippen LogP contribution is 2.02. The molecule has 0 aliphatic heterocycles. The van der Waals surface area contributed by atoms with Crippen molar-refractivity contribution in [1.82, 2.24) is 0 Å². The number of rotatable bonds is 0. The number of hydrogen-bond donors (Lipinski definition) is 0. The average molecular weight is 182 g/mol. The van der Waals surface area contributed by atoms with Crippen LogP contribution in [0.5, 0.6) is 0 Å². The molecule has 0 aliphatic carbocycles. The summed E-state index contributed by atoms with van der Waals surface area (Å²) in [5, 5.41) is 0. The monoisotopic (exact) mass is 182 g/mol. The molecule has 2 aromatic carbocycles. The van der Waals surface area contributed by atoms with Crippen LogP contribution in [0.25, 0.3) is 0 Å². The molecular formula is C14H14. The van der Waals surface area contributed by atoms with Gasteiger partial charge in [-0.2, -0.15) is 0 Å². The molecule has 0 heteroatoms. The Morgan fingerprint density at radius 1 is 0.714 bits per heavy atom. The summed E-state index contributed by atoms with van der Waals surface area (Å²) >= 11 is 0. The van der Waals surface area contributed by atoms with Crippen LogP contribution < -0.4 is 0 Å². The van der Waals surface area contributed by atoms with Gasteiger partial charge in [-0.1, -0.05) is 48.5 Å². The molecule has 0 aromatic heterocycles. The Bertz CT molecular complexity index is 302. The van der Waals surface area contributed by atoms with E-state index in [1.54, 1.807) is 0 Å². The van der Waals surface area contributed by atoms with Gasteiger partial charge in [-0.25, -0.2) is 0 Å². The molecule has 0 amide bonds. The van der Waals surface area contributed by atoms with E-state index in [1.807, 2.05) is 24.3 Å². The van der Waals surface area contributed by atoms with Crippen molar-refractivity contribution in [3.63, 3.8) is 0 Å². The molecule has 0 radical (unpaired) electrons. The Labute approximate surface area is 86.2 Å². The molecule has 0 heterocycles. The Morgan fingerprint density at radius 2 is 1.14 bits per heavy atom. The van der Waals surface area contributed by atoms with E-state index in [4.69, 9.17) is 0 Å². The van der Waals surface area contributed by atoms with Gasteiger partial charge in [0.15, 0.2) is 0 Å².